The van der Waals surface area contributed by atoms with E-state index in [2.05, 4.69) is 4.72 Å². The summed E-state index contributed by atoms with van der Waals surface area (Å²) in [6, 6.07) is 4.86. The minimum Gasteiger partial charge on any atom is -0.506 e. The van der Waals surface area contributed by atoms with Gasteiger partial charge in [-0.2, -0.15) is 0 Å². The van der Waals surface area contributed by atoms with Crippen LogP contribution in [0.25, 0.3) is 0 Å². The lowest BCUT2D eigenvalue weighted by molar-refractivity contribution is 0.477. The summed E-state index contributed by atoms with van der Waals surface area (Å²) in [5, 5.41) is 9.25. The van der Waals surface area contributed by atoms with Crippen molar-refractivity contribution >= 4 is 15.7 Å². The van der Waals surface area contributed by atoms with Crippen molar-refractivity contribution in [1.29, 1.82) is 0 Å². The molecular formula is C10H13NO3S. The van der Waals surface area contributed by atoms with Gasteiger partial charge in [0.2, 0.25) is 10.0 Å². The summed E-state index contributed by atoms with van der Waals surface area (Å²) in [6.07, 6.45) is 1.42. The molecule has 0 atom stereocenters. The van der Waals surface area contributed by atoms with Gasteiger partial charge in [0.05, 0.1) is 10.9 Å². The van der Waals surface area contributed by atoms with Crippen LogP contribution in [0.4, 0.5) is 5.69 Å². The molecule has 1 aromatic carbocycles. The number of nitrogens with one attached hydrogen (secondary N) is 1. The van der Waals surface area contributed by atoms with Crippen molar-refractivity contribution in [3.63, 3.8) is 0 Å². The maximum absolute atomic E-state index is 11.6. The van der Waals surface area contributed by atoms with Crippen molar-refractivity contribution in [2.24, 2.45) is 0 Å². The van der Waals surface area contributed by atoms with Crippen LogP contribution in [0.15, 0.2) is 18.2 Å². The number of phenolic OH excluding ortho intramolecular Hbond substituents is 1. The van der Waals surface area contributed by atoms with E-state index in [9.17, 15) is 13.5 Å². The van der Waals surface area contributed by atoms with Crippen LogP contribution in [0.1, 0.15) is 18.4 Å². The van der Waals surface area contributed by atoms with Gasteiger partial charge in [-0.15, -0.1) is 0 Å². The lowest BCUT2D eigenvalue weighted by Crippen LogP contribution is -2.17. The van der Waals surface area contributed by atoms with Crippen LogP contribution >= 0.6 is 0 Å². The first-order valence-electron chi connectivity index (χ1n) is 4.80. The Morgan fingerprint density at radius 1 is 1.40 bits per heavy atom. The van der Waals surface area contributed by atoms with Gasteiger partial charge in [-0.1, -0.05) is 6.07 Å². The number of rotatable bonds is 3. The van der Waals surface area contributed by atoms with E-state index in [0.29, 0.717) is 12.8 Å². The number of hydrogen-bond acceptors (Lipinski definition) is 3. The van der Waals surface area contributed by atoms with Gasteiger partial charge in [0, 0.05) is 0 Å². The SMILES string of the molecule is Cc1ccc(NS(=O)(=O)C2CC2)c(O)c1. The van der Waals surface area contributed by atoms with Crippen molar-refractivity contribution < 1.29 is 13.5 Å². The largest absolute Gasteiger partial charge is 0.506 e. The van der Waals surface area contributed by atoms with Crippen molar-refractivity contribution in [3.8, 4) is 5.75 Å². The second-order valence-corrected chi connectivity index (χ2v) is 5.83. The number of aromatic hydroxyl groups is 1. The maximum Gasteiger partial charge on any atom is 0.235 e. The van der Waals surface area contributed by atoms with Crippen molar-refractivity contribution in [2.45, 2.75) is 25.0 Å². The first-order valence-corrected chi connectivity index (χ1v) is 6.35. The summed E-state index contributed by atoms with van der Waals surface area (Å²) in [5.74, 6) is -0.0285. The summed E-state index contributed by atoms with van der Waals surface area (Å²) in [7, 11) is -3.29. The first kappa shape index (κ1) is 10.3. The average molecular weight is 227 g/mol. The monoisotopic (exact) mass is 227 g/mol. The highest BCUT2D eigenvalue weighted by molar-refractivity contribution is 7.93. The second kappa shape index (κ2) is 3.41. The molecule has 0 aliphatic heterocycles. The molecule has 0 heterocycles. The van der Waals surface area contributed by atoms with E-state index < -0.39 is 10.0 Å². The minimum atomic E-state index is -3.29. The van der Waals surface area contributed by atoms with Crippen LogP contribution < -0.4 is 4.72 Å². The van der Waals surface area contributed by atoms with Gasteiger partial charge in [0.1, 0.15) is 5.75 Å². The number of phenols is 1. The normalized spacial score (nSPS) is 16.3. The molecule has 1 aromatic rings. The van der Waals surface area contributed by atoms with Crippen LogP contribution in [0, 0.1) is 6.92 Å². The zero-order valence-electron chi connectivity index (χ0n) is 8.40. The Bertz CT molecular complexity index is 477. The highest BCUT2D eigenvalue weighted by atomic mass is 32.2. The van der Waals surface area contributed by atoms with Crippen LogP contribution in [0.3, 0.4) is 0 Å². The molecule has 0 radical (unpaired) electrons. The smallest absolute Gasteiger partial charge is 0.235 e. The van der Waals surface area contributed by atoms with E-state index in [4.69, 9.17) is 0 Å². The number of anilines is 1. The van der Waals surface area contributed by atoms with Crippen LogP contribution in [0.2, 0.25) is 0 Å². The molecule has 2 rings (SSSR count). The lowest BCUT2D eigenvalue weighted by Gasteiger charge is -2.08. The Morgan fingerprint density at radius 2 is 2.07 bits per heavy atom. The first-order chi connectivity index (χ1) is 6.99. The number of sulfonamides is 1. The van der Waals surface area contributed by atoms with Crippen molar-refractivity contribution in [1.82, 2.24) is 0 Å². The summed E-state index contributed by atoms with van der Waals surface area (Å²) >= 11 is 0. The van der Waals surface area contributed by atoms with Gasteiger partial charge in [-0.3, -0.25) is 4.72 Å². The van der Waals surface area contributed by atoms with E-state index in [1.54, 1.807) is 12.1 Å². The van der Waals surface area contributed by atoms with Gasteiger partial charge < -0.3 is 5.11 Å². The molecule has 0 aromatic heterocycles. The van der Waals surface area contributed by atoms with Crippen LogP contribution in [0.5, 0.6) is 5.75 Å². The molecule has 0 spiro atoms. The molecule has 15 heavy (non-hydrogen) atoms. The Kier molecular flexibility index (Phi) is 2.34. The highest BCUT2D eigenvalue weighted by Gasteiger charge is 2.36. The van der Waals surface area contributed by atoms with E-state index in [-0.39, 0.29) is 16.7 Å². The standard InChI is InChI=1S/C10H13NO3S/c1-7-2-5-9(10(12)6-7)11-15(13,14)8-3-4-8/h2,5-6,8,11-12H,3-4H2,1H3. The highest BCUT2D eigenvalue weighted by Crippen LogP contribution is 2.32. The van der Waals surface area contributed by atoms with Gasteiger partial charge >= 0.3 is 0 Å². The number of benzene rings is 1. The van der Waals surface area contributed by atoms with Crippen LogP contribution in [-0.2, 0) is 10.0 Å². The maximum atomic E-state index is 11.6. The predicted octanol–water partition coefficient (Wildman–Crippen LogP) is 1.60. The van der Waals surface area contributed by atoms with Crippen molar-refractivity contribution in [2.75, 3.05) is 4.72 Å². The molecule has 0 amide bonds. The summed E-state index contributed by atoms with van der Waals surface area (Å²) in [6.45, 7) is 1.83. The molecule has 0 unspecified atom stereocenters. The molecule has 2 N–H and O–H groups in total. The molecule has 1 saturated carbocycles. The zero-order valence-corrected chi connectivity index (χ0v) is 9.21. The molecular weight excluding hydrogens is 214 g/mol. The quantitative estimate of drug-likeness (QED) is 0.771. The third kappa shape index (κ3) is 2.23. The molecule has 0 bridgehead atoms. The Balaban J connectivity index is 2.24. The van der Waals surface area contributed by atoms with Gasteiger partial charge in [0.15, 0.2) is 0 Å². The van der Waals surface area contributed by atoms with Gasteiger partial charge in [0.25, 0.3) is 0 Å². The molecule has 1 fully saturated rings. The van der Waals surface area contributed by atoms with E-state index in [1.165, 1.54) is 6.07 Å². The number of aryl methyl sites for hydroxylation is 1. The fraction of sp³-hybridized carbons (Fsp3) is 0.400. The summed E-state index contributed by atoms with van der Waals surface area (Å²) < 4.78 is 25.6. The summed E-state index contributed by atoms with van der Waals surface area (Å²) in [5.41, 5.74) is 1.15. The van der Waals surface area contributed by atoms with E-state index >= 15 is 0 Å². The molecule has 1 aliphatic carbocycles. The van der Waals surface area contributed by atoms with E-state index in [1.807, 2.05) is 6.92 Å². The Morgan fingerprint density at radius 3 is 2.60 bits per heavy atom. The topological polar surface area (TPSA) is 66.4 Å². The number of hydrogen-bond donors (Lipinski definition) is 2. The molecule has 1 aliphatic rings. The summed E-state index contributed by atoms with van der Waals surface area (Å²) in [4.78, 5) is 0. The third-order valence-corrected chi connectivity index (χ3v) is 4.22. The Labute approximate surface area is 89.0 Å². The second-order valence-electron chi connectivity index (χ2n) is 3.87. The lowest BCUT2D eigenvalue weighted by atomic mass is 10.2. The third-order valence-electron chi connectivity index (χ3n) is 2.37. The van der Waals surface area contributed by atoms with Crippen molar-refractivity contribution in [3.05, 3.63) is 23.8 Å². The molecule has 82 valence electrons. The van der Waals surface area contributed by atoms with Gasteiger partial charge in [-0.25, -0.2) is 8.42 Å². The molecule has 0 saturated heterocycles. The molecule has 5 heteroatoms. The Hall–Kier alpha value is -1.23. The predicted molar refractivity (Wildman–Crippen MR) is 58.4 cm³/mol. The molecule has 4 nitrogen and oxygen atoms in total. The van der Waals surface area contributed by atoms with Gasteiger partial charge in [-0.05, 0) is 37.5 Å². The van der Waals surface area contributed by atoms with Crippen LogP contribution in [-0.4, -0.2) is 18.8 Å². The zero-order chi connectivity index (χ0) is 11.1. The average Bonchev–Trinajstić information content (AvgIpc) is 2.92. The fourth-order valence-electron chi connectivity index (χ4n) is 1.34. The minimum absolute atomic E-state index is 0.0285. The van der Waals surface area contributed by atoms with E-state index in [0.717, 1.165) is 5.56 Å². The fourth-order valence-corrected chi connectivity index (χ4v) is 2.75.